The molecule has 0 fully saturated rings. The standard InChI is InChI=1S/C18H15N3O7/c1-9(22)21-12(13(17(25)27-2)14(19-21)18(26)28-3)8-20-15(23)10-6-4-5-7-11(10)16(20)24/h4-7H,8H2,1-3H3. The van der Waals surface area contributed by atoms with Crippen molar-refractivity contribution in [2.24, 2.45) is 0 Å². The van der Waals surface area contributed by atoms with Crippen LogP contribution in [0, 0.1) is 0 Å². The van der Waals surface area contributed by atoms with Gasteiger partial charge in [0.25, 0.3) is 11.8 Å². The summed E-state index contributed by atoms with van der Waals surface area (Å²) < 4.78 is 10.1. The fraction of sp³-hybridized carbons (Fsp3) is 0.222. The van der Waals surface area contributed by atoms with Crippen molar-refractivity contribution < 1.29 is 33.4 Å². The summed E-state index contributed by atoms with van der Waals surface area (Å²) in [6.07, 6.45) is 0. The zero-order valence-corrected chi connectivity index (χ0v) is 15.2. The van der Waals surface area contributed by atoms with Crippen LogP contribution in [0.25, 0.3) is 0 Å². The minimum absolute atomic E-state index is 0.130. The van der Waals surface area contributed by atoms with E-state index in [1.165, 1.54) is 12.1 Å². The second kappa shape index (κ2) is 7.06. The monoisotopic (exact) mass is 385 g/mol. The Morgan fingerprint density at radius 2 is 1.50 bits per heavy atom. The lowest BCUT2D eigenvalue weighted by atomic mass is 10.1. The first-order chi connectivity index (χ1) is 13.3. The summed E-state index contributed by atoms with van der Waals surface area (Å²) in [5.74, 6) is -3.74. The van der Waals surface area contributed by atoms with Gasteiger partial charge in [0, 0.05) is 6.92 Å². The van der Waals surface area contributed by atoms with Crippen LogP contribution in [0.4, 0.5) is 0 Å². The number of hydrogen-bond donors (Lipinski definition) is 0. The van der Waals surface area contributed by atoms with Gasteiger partial charge < -0.3 is 9.47 Å². The van der Waals surface area contributed by atoms with Crippen LogP contribution in [0.5, 0.6) is 0 Å². The number of aromatic nitrogens is 2. The lowest BCUT2D eigenvalue weighted by Gasteiger charge is -2.15. The molecule has 144 valence electrons. The van der Waals surface area contributed by atoms with E-state index in [4.69, 9.17) is 0 Å². The van der Waals surface area contributed by atoms with Crippen molar-refractivity contribution in [3.63, 3.8) is 0 Å². The first-order valence-electron chi connectivity index (χ1n) is 8.06. The number of imide groups is 1. The molecular formula is C18H15N3O7. The highest BCUT2D eigenvalue weighted by Crippen LogP contribution is 2.26. The Morgan fingerprint density at radius 1 is 0.964 bits per heavy atom. The summed E-state index contributed by atoms with van der Waals surface area (Å²) >= 11 is 0. The Labute approximate surface area is 158 Å². The molecule has 2 heterocycles. The third kappa shape index (κ3) is 2.84. The number of fused-ring (bicyclic) bond motifs is 1. The molecule has 1 aromatic carbocycles. The van der Waals surface area contributed by atoms with Crippen molar-refractivity contribution in [1.82, 2.24) is 14.7 Å². The predicted octanol–water partition coefficient (Wildman–Crippen LogP) is 0.913. The number of hydrogen-bond acceptors (Lipinski definition) is 8. The van der Waals surface area contributed by atoms with Crippen LogP contribution in [-0.2, 0) is 16.0 Å². The molecule has 0 radical (unpaired) electrons. The maximum Gasteiger partial charge on any atom is 0.359 e. The number of ether oxygens (including phenoxy) is 2. The third-order valence-electron chi connectivity index (χ3n) is 4.23. The number of nitrogens with zero attached hydrogens (tertiary/aromatic N) is 3. The number of amides is 2. The summed E-state index contributed by atoms with van der Waals surface area (Å²) in [4.78, 5) is 62.4. The molecule has 0 atom stereocenters. The van der Waals surface area contributed by atoms with Gasteiger partial charge >= 0.3 is 11.9 Å². The number of carbonyl (C=O) groups excluding carboxylic acids is 5. The summed E-state index contributed by atoms with van der Waals surface area (Å²) in [5.41, 5.74) is -0.519. The van der Waals surface area contributed by atoms with Gasteiger partial charge in [-0.1, -0.05) is 12.1 Å². The molecule has 0 aliphatic carbocycles. The first-order valence-corrected chi connectivity index (χ1v) is 8.06. The van der Waals surface area contributed by atoms with E-state index in [1.807, 2.05) is 0 Å². The normalized spacial score (nSPS) is 12.8. The van der Waals surface area contributed by atoms with E-state index in [2.05, 4.69) is 14.6 Å². The van der Waals surface area contributed by atoms with Gasteiger partial charge in [-0.3, -0.25) is 19.3 Å². The number of methoxy groups -OCH3 is 2. The largest absolute Gasteiger partial charge is 0.465 e. The summed E-state index contributed by atoms with van der Waals surface area (Å²) in [6, 6.07) is 6.23. The lowest BCUT2D eigenvalue weighted by Crippen LogP contribution is -2.31. The van der Waals surface area contributed by atoms with E-state index in [0.717, 1.165) is 30.7 Å². The van der Waals surface area contributed by atoms with Crippen molar-refractivity contribution in [2.75, 3.05) is 14.2 Å². The topological polar surface area (TPSA) is 125 Å². The van der Waals surface area contributed by atoms with Gasteiger partial charge in [0.15, 0.2) is 5.69 Å². The van der Waals surface area contributed by atoms with Gasteiger partial charge in [0.05, 0.1) is 37.6 Å². The zero-order valence-electron chi connectivity index (χ0n) is 15.2. The maximum absolute atomic E-state index is 12.6. The Hall–Kier alpha value is -3.82. The average Bonchev–Trinajstić information content (AvgIpc) is 3.19. The van der Waals surface area contributed by atoms with Crippen LogP contribution in [0.2, 0.25) is 0 Å². The van der Waals surface area contributed by atoms with E-state index < -0.39 is 41.9 Å². The highest BCUT2D eigenvalue weighted by molar-refractivity contribution is 6.21. The highest BCUT2D eigenvalue weighted by atomic mass is 16.5. The molecule has 0 bridgehead atoms. The van der Waals surface area contributed by atoms with E-state index in [-0.39, 0.29) is 22.4 Å². The molecule has 1 aromatic heterocycles. The SMILES string of the molecule is COC(=O)c1nn(C(C)=O)c(CN2C(=O)c3ccccc3C2=O)c1C(=O)OC. The van der Waals surface area contributed by atoms with Gasteiger partial charge in [-0.25, -0.2) is 14.3 Å². The predicted molar refractivity (Wildman–Crippen MR) is 91.9 cm³/mol. The van der Waals surface area contributed by atoms with Gasteiger partial charge in [0.1, 0.15) is 5.56 Å². The molecule has 2 amide bonds. The van der Waals surface area contributed by atoms with Crippen LogP contribution in [-0.4, -0.2) is 58.6 Å². The first kappa shape index (κ1) is 19.0. The van der Waals surface area contributed by atoms with E-state index >= 15 is 0 Å². The fourth-order valence-corrected chi connectivity index (χ4v) is 2.95. The minimum Gasteiger partial charge on any atom is -0.465 e. The number of carbonyl (C=O) groups is 5. The molecule has 1 aliphatic heterocycles. The number of rotatable bonds is 4. The van der Waals surface area contributed by atoms with Crippen LogP contribution >= 0.6 is 0 Å². The molecule has 1 aliphatic rings. The Kier molecular flexibility index (Phi) is 4.78. The van der Waals surface area contributed by atoms with Crippen LogP contribution in [0.15, 0.2) is 24.3 Å². The van der Waals surface area contributed by atoms with E-state index in [0.29, 0.717) is 0 Å². The number of benzene rings is 1. The Morgan fingerprint density at radius 3 is 1.96 bits per heavy atom. The van der Waals surface area contributed by atoms with Crippen molar-refractivity contribution in [3.8, 4) is 0 Å². The lowest BCUT2D eigenvalue weighted by molar-refractivity contribution is 0.0548. The second-order valence-electron chi connectivity index (χ2n) is 5.83. The summed E-state index contributed by atoms with van der Waals surface area (Å²) in [5, 5.41) is 3.83. The second-order valence-corrected chi connectivity index (χ2v) is 5.83. The fourth-order valence-electron chi connectivity index (χ4n) is 2.95. The molecule has 28 heavy (non-hydrogen) atoms. The molecule has 3 rings (SSSR count). The minimum atomic E-state index is -0.969. The van der Waals surface area contributed by atoms with Crippen molar-refractivity contribution in [3.05, 3.63) is 52.3 Å². The van der Waals surface area contributed by atoms with E-state index in [1.54, 1.807) is 12.1 Å². The zero-order chi connectivity index (χ0) is 20.6. The van der Waals surface area contributed by atoms with Gasteiger partial charge in [-0.2, -0.15) is 5.10 Å². The Balaban J connectivity index is 2.14. The summed E-state index contributed by atoms with van der Waals surface area (Å²) in [7, 11) is 2.17. The van der Waals surface area contributed by atoms with Gasteiger partial charge in [-0.15, -0.1) is 0 Å². The van der Waals surface area contributed by atoms with Crippen molar-refractivity contribution in [2.45, 2.75) is 13.5 Å². The molecule has 10 nitrogen and oxygen atoms in total. The molecule has 0 N–H and O–H groups in total. The van der Waals surface area contributed by atoms with Crippen molar-refractivity contribution in [1.29, 1.82) is 0 Å². The number of esters is 2. The molecule has 0 saturated heterocycles. The summed E-state index contributed by atoms with van der Waals surface area (Å²) in [6.45, 7) is 0.696. The Bertz CT molecular complexity index is 1000. The van der Waals surface area contributed by atoms with Gasteiger partial charge in [0.2, 0.25) is 5.91 Å². The van der Waals surface area contributed by atoms with Gasteiger partial charge in [-0.05, 0) is 12.1 Å². The molecule has 0 saturated carbocycles. The molecule has 0 unspecified atom stereocenters. The van der Waals surface area contributed by atoms with Crippen LogP contribution in [0.1, 0.15) is 59.0 Å². The molecule has 10 heteroatoms. The van der Waals surface area contributed by atoms with Crippen LogP contribution in [0.3, 0.4) is 0 Å². The quantitative estimate of drug-likeness (QED) is 0.562. The molecular weight excluding hydrogens is 370 g/mol. The van der Waals surface area contributed by atoms with Crippen LogP contribution < -0.4 is 0 Å². The highest BCUT2D eigenvalue weighted by Gasteiger charge is 2.39. The average molecular weight is 385 g/mol. The smallest absolute Gasteiger partial charge is 0.359 e. The van der Waals surface area contributed by atoms with Crippen molar-refractivity contribution >= 4 is 29.7 Å². The maximum atomic E-state index is 12.6. The van der Waals surface area contributed by atoms with E-state index in [9.17, 15) is 24.0 Å². The third-order valence-corrected chi connectivity index (χ3v) is 4.23. The molecule has 0 spiro atoms. The molecule has 2 aromatic rings.